The lowest BCUT2D eigenvalue weighted by Crippen LogP contribution is -2.27. The highest BCUT2D eigenvalue weighted by Crippen LogP contribution is 2.31. The first kappa shape index (κ1) is 12.9. The first-order valence-corrected chi connectivity index (χ1v) is 7.13. The number of hydrogen-bond acceptors (Lipinski definition) is 1. The molecule has 0 aromatic heterocycles. The standard InChI is InChI=1S/C18H19NO/c1-13(20)19-12-17-11-15-7-3-2-6-14(15)10-16-8-4-5-9-18(16)17/h2-9,17H,10-12H2,1H3,(H,19,20)/t17-/m0/s1. The average molecular weight is 265 g/mol. The first-order chi connectivity index (χ1) is 9.74. The normalized spacial score (nSPS) is 16.8. The van der Waals surface area contributed by atoms with Crippen LogP contribution in [0.2, 0.25) is 0 Å². The van der Waals surface area contributed by atoms with E-state index in [9.17, 15) is 4.79 Å². The topological polar surface area (TPSA) is 29.1 Å². The van der Waals surface area contributed by atoms with Crippen molar-refractivity contribution in [3.63, 3.8) is 0 Å². The number of rotatable bonds is 2. The molecule has 2 aromatic rings. The molecule has 0 spiro atoms. The number of amides is 1. The average Bonchev–Trinajstić information content (AvgIpc) is 2.61. The highest BCUT2D eigenvalue weighted by molar-refractivity contribution is 5.72. The van der Waals surface area contributed by atoms with Gasteiger partial charge in [0, 0.05) is 19.4 Å². The molecule has 102 valence electrons. The number of nitrogens with one attached hydrogen (secondary N) is 1. The summed E-state index contributed by atoms with van der Waals surface area (Å²) in [6.07, 6.45) is 1.98. The molecule has 1 atom stereocenters. The second-order valence-corrected chi connectivity index (χ2v) is 5.48. The van der Waals surface area contributed by atoms with Crippen LogP contribution >= 0.6 is 0 Å². The maximum absolute atomic E-state index is 11.2. The summed E-state index contributed by atoms with van der Waals surface area (Å²) in [6, 6.07) is 17.2. The Bertz CT molecular complexity index is 633. The van der Waals surface area contributed by atoms with Gasteiger partial charge in [-0.2, -0.15) is 0 Å². The van der Waals surface area contributed by atoms with Crippen LogP contribution in [0.15, 0.2) is 48.5 Å². The van der Waals surface area contributed by atoms with Gasteiger partial charge in [0.2, 0.25) is 5.91 Å². The van der Waals surface area contributed by atoms with Crippen LogP contribution in [0, 0.1) is 0 Å². The second kappa shape index (κ2) is 5.49. The summed E-state index contributed by atoms with van der Waals surface area (Å²) in [4.78, 5) is 11.2. The van der Waals surface area contributed by atoms with E-state index in [0.717, 1.165) is 12.8 Å². The minimum Gasteiger partial charge on any atom is -0.356 e. The Morgan fingerprint density at radius 3 is 2.45 bits per heavy atom. The SMILES string of the molecule is CC(=O)NC[C@@H]1Cc2ccccc2Cc2ccccc21. The molecular formula is C18H19NO. The van der Waals surface area contributed by atoms with Gasteiger partial charge in [0.1, 0.15) is 0 Å². The number of hydrogen-bond donors (Lipinski definition) is 1. The molecule has 0 fully saturated rings. The molecule has 1 amide bonds. The van der Waals surface area contributed by atoms with E-state index in [-0.39, 0.29) is 5.91 Å². The molecule has 0 unspecified atom stereocenters. The quantitative estimate of drug-likeness (QED) is 0.888. The third-order valence-electron chi connectivity index (χ3n) is 4.06. The second-order valence-electron chi connectivity index (χ2n) is 5.48. The first-order valence-electron chi connectivity index (χ1n) is 7.13. The summed E-state index contributed by atoms with van der Waals surface area (Å²) in [5, 5.41) is 2.98. The number of carbonyl (C=O) groups is 1. The van der Waals surface area contributed by atoms with E-state index in [0.29, 0.717) is 12.5 Å². The fraction of sp³-hybridized carbons (Fsp3) is 0.278. The van der Waals surface area contributed by atoms with Gasteiger partial charge in [0.15, 0.2) is 0 Å². The highest BCUT2D eigenvalue weighted by atomic mass is 16.1. The Hall–Kier alpha value is -2.09. The van der Waals surface area contributed by atoms with E-state index >= 15 is 0 Å². The summed E-state index contributed by atoms with van der Waals surface area (Å²) < 4.78 is 0. The molecule has 0 saturated heterocycles. The lowest BCUT2D eigenvalue weighted by atomic mass is 9.91. The van der Waals surface area contributed by atoms with E-state index in [2.05, 4.69) is 53.8 Å². The summed E-state index contributed by atoms with van der Waals surface area (Å²) in [5.74, 6) is 0.402. The molecule has 2 heteroatoms. The van der Waals surface area contributed by atoms with Crippen molar-refractivity contribution in [1.29, 1.82) is 0 Å². The maximum atomic E-state index is 11.2. The molecule has 2 nitrogen and oxygen atoms in total. The Morgan fingerprint density at radius 2 is 1.70 bits per heavy atom. The fourth-order valence-corrected chi connectivity index (χ4v) is 3.05. The van der Waals surface area contributed by atoms with Crippen molar-refractivity contribution < 1.29 is 4.79 Å². The molecule has 0 heterocycles. The molecule has 0 bridgehead atoms. The van der Waals surface area contributed by atoms with E-state index in [1.807, 2.05) is 0 Å². The van der Waals surface area contributed by atoms with E-state index in [1.54, 1.807) is 6.92 Å². The van der Waals surface area contributed by atoms with Crippen molar-refractivity contribution >= 4 is 5.91 Å². The van der Waals surface area contributed by atoms with Crippen LogP contribution in [-0.4, -0.2) is 12.5 Å². The van der Waals surface area contributed by atoms with Crippen LogP contribution < -0.4 is 5.32 Å². The van der Waals surface area contributed by atoms with Crippen LogP contribution in [0.5, 0.6) is 0 Å². The van der Waals surface area contributed by atoms with Crippen molar-refractivity contribution in [2.24, 2.45) is 0 Å². The van der Waals surface area contributed by atoms with Gasteiger partial charge in [-0.05, 0) is 35.1 Å². The zero-order chi connectivity index (χ0) is 13.9. The van der Waals surface area contributed by atoms with Crippen LogP contribution in [0.3, 0.4) is 0 Å². The summed E-state index contributed by atoms with van der Waals surface area (Å²) >= 11 is 0. The predicted octanol–water partition coefficient (Wildman–Crippen LogP) is 3.05. The number of fused-ring (bicyclic) bond motifs is 2. The van der Waals surface area contributed by atoms with Crippen molar-refractivity contribution in [2.75, 3.05) is 6.54 Å². The lowest BCUT2D eigenvalue weighted by molar-refractivity contribution is -0.119. The smallest absolute Gasteiger partial charge is 0.216 e. The number of benzene rings is 2. The molecule has 0 radical (unpaired) electrons. The van der Waals surface area contributed by atoms with Gasteiger partial charge >= 0.3 is 0 Å². The molecule has 2 aromatic carbocycles. The van der Waals surface area contributed by atoms with Gasteiger partial charge in [-0.25, -0.2) is 0 Å². The molecule has 1 N–H and O–H groups in total. The van der Waals surface area contributed by atoms with Crippen molar-refractivity contribution in [2.45, 2.75) is 25.7 Å². The molecule has 0 saturated carbocycles. The summed E-state index contributed by atoms with van der Waals surface area (Å²) in [7, 11) is 0. The fourth-order valence-electron chi connectivity index (χ4n) is 3.05. The zero-order valence-corrected chi connectivity index (χ0v) is 11.7. The van der Waals surface area contributed by atoms with E-state index in [4.69, 9.17) is 0 Å². The van der Waals surface area contributed by atoms with Crippen LogP contribution in [-0.2, 0) is 17.6 Å². The summed E-state index contributed by atoms with van der Waals surface area (Å²) in [5.41, 5.74) is 5.56. The minimum atomic E-state index is 0.0417. The molecule has 3 rings (SSSR count). The van der Waals surface area contributed by atoms with E-state index in [1.165, 1.54) is 22.3 Å². The Balaban J connectivity index is 1.99. The third kappa shape index (κ3) is 2.60. The van der Waals surface area contributed by atoms with Crippen LogP contribution in [0.4, 0.5) is 0 Å². The van der Waals surface area contributed by atoms with Crippen molar-refractivity contribution in [1.82, 2.24) is 5.32 Å². The van der Waals surface area contributed by atoms with Crippen molar-refractivity contribution in [3.05, 3.63) is 70.8 Å². The van der Waals surface area contributed by atoms with Gasteiger partial charge in [-0.1, -0.05) is 48.5 Å². The Morgan fingerprint density at radius 1 is 1.05 bits per heavy atom. The van der Waals surface area contributed by atoms with Crippen molar-refractivity contribution in [3.8, 4) is 0 Å². The summed E-state index contributed by atoms with van der Waals surface area (Å²) in [6.45, 7) is 2.29. The minimum absolute atomic E-state index is 0.0417. The monoisotopic (exact) mass is 265 g/mol. The molecular weight excluding hydrogens is 246 g/mol. The lowest BCUT2D eigenvalue weighted by Gasteiger charge is -2.18. The largest absolute Gasteiger partial charge is 0.356 e. The van der Waals surface area contributed by atoms with Gasteiger partial charge in [0.25, 0.3) is 0 Å². The van der Waals surface area contributed by atoms with E-state index < -0.39 is 0 Å². The Kier molecular flexibility index (Phi) is 3.55. The molecule has 20 heavy (non-hydrogen) atoms. The van der Waals surface area contributed by atoms with Gasteiger partial charge in [-0.15, -0.1) is 0 Å². The molecule has 1 aliphatic carbocycles. The predicted molar refractivity (Wildman–Crippen MR) is 80.8 cm³/mol. The maximum Gasteiger partial charge on any atom is 0.216 e. The Labute approximate surface area is 119 Å². The molecule has 1 aliphatic rings. The molecule has 0 aliphatic heterocycles. The van der Waals surface area contributed by atoms with Gasteiger partial charge in [-0.3, -0.25) is 4.79 Å². The van der Waals surface area contributed by atoms with Gasteiger partial charge < -0.3 is 5.32 Å². The third-order valence-corrected chi connectivity index (χ3v) is 4.06. The zero-order valence-electron chi connectivity index (χ0n) is 11.7. The number of carbonyl (C=O) groups excluding carboxylic acids is 1. The van der Waals surface area contributed by atoms with Crippen LogP contribution in [0.1, 0.15) is 35.1 Å². The van der Waals surface area contributed by atoms with Gasteiger partial charge in [0.05, 0.1) is 0 Å². The highest BCUT2D eigenvalue weighted by Gasteiger charge is 2.21. The van der Waals surface area contributed by atoms with Crippen LogP contribution in [0.25, 0.3) is 0 Å².